The van der Waals surface area contributed by atoms with Gasteiger partial charge in [0.1, 0.15) is 0 Å². The average molecular weight is 238 g/mol. The van der Waals surface area contributed by atoms with Crippen molar-refractivity contribution in [1.82, 2.24) is 0 Å². The molecule has 0 N–H and O–H groups in total. The number of carbonyl (C=O) groups is 1. The fraction of sp³-hybridized carbons (Fsp3) is 0.812. The second-order valence-corrected chi connectivity index (χ2v) is 7.83. The summed E-state index contributed by atoms with van der Waals surface area (Å²) < 4.78 is 0. The lowest BCUT2D eigenvalue weighted by Crippen LogP contribution is -2.14. The molecule has 0 radical (unpaired) electrons. The second-order valence-electron chi connectivity index (χ2n) is 7.83. The average Bonchev–Trinajstić information content (AvgIpc) is 1.96. The predicted molar refractivity (Wildman–Crippen MR) is 76.1 cm³/mol. The van der Waals surface area contributed by atoms with E-state index in [1.54, 1.807) is 0 Å². The molecule has 0 rings (SSSR count). The Morgan fingerprint density at radius 1 is 0.941 bits per heavy atom. The molecule has 0 heterocycles. The summed E-state index contributed by atoms with van der Waals surface area (Å²) >= 11 is 0. The zero-order chi connectivity index (χ0) is 13.9. The molecule has 100 valence electrons. The Labute approximate surface area is 108 Å². The van der Waals surface area contributed by atoms with Crippen LogP contribution in [0.1, 0.15) is 68.2 Å². The highest BCUT2D eigenvalue weighted by Gasteiger charge is 2.20. The summed E-state index contributed by atoms with van der Waals surface area (Å²) in [7, 11) is 0. The molecule has 1 nitrogen and oxygen atoms in total. The van der Waals surface area contributed by atoms with Gasteiger partial charge in [-0.15, -0.1) is 0 Å². The monoisotopic (exact) mass is 238 g/mol. The van der Waals surface area contributed by atoms with Crippen LogP contribution in [0.2, 0.25) is 0 Å². The molecule has 0 aliphatic heterocycles. The van der Waals surface area contributed by atoms with Crippen molar-refractivity contribution in [2.24, 2.45) is 16.7 Å². The van der Waals surface area contributed by atoms with Crippen LogP contribution in [-0.4, -0.2) is 5.78 Å². The van der Waals surface area contributed by atoms with E-state index in [1.165, 1.54) is 5.57 Å². The van der Waals surface area contributed by atoms with E-state index in [0.717, 1.165) is 12.8 Å². The van der Waals surface area contributed by atoms with E-state index in [2.05, 4.69) is 41.5 Å². The van der Waals surface area contributed by atoms with Crippen molar-refractivity contribution in [3.05, 3.63) is 11.6 Å². The molecule has 0 unspecified atom stereocenters. The highest BCUT2D eigenvalue weighted by atomic mass is 16.1. The normalized spacial score (nSPS) is 12.8. The highest BCUT2D eigenvalue weighted by Crippen LogP contribution is 2.32. The summed E-state index contributed by atoms with van der Waals surface area (Å²) in [6.07, 6.45) is 3.90. The van der Waals surface area contributed by atoms with Crippen LogP contribution in [0.5, 0.6) is 0 Å². The summed E-state index contributed by atoms with van der Waals surface area (Å²) in [5.74, 6) is 0.360. The largest absolute Gasteiger partial charge is 0.295 e. The molecule has 0 saturated heterocycles. The number of allylic oxidation sites excluding steroid dienone is 2. The lowest BCUT2D eigenvalue weighted by molar-refractivity contribution is -0.117. The number of hydrogen-bond acceptors (Lipinski definition) is 1. The summed E-state index contributed by atoms with van der Waals surface area (Å²) in [5.41, 5.74) is 1.78. The molecular formula is C16H30O. The lowest BCUT2D eigenvalue weighted by atomic mass is 9.79. The molecular weight excluding hydrogens is 208 g/mol. The number of carbonyl (C=O) groups excluding carboxylic acids is 1. The van der Waals surface area contributed by atoms with E-state index >= 15 is 0 Å². The Kier molecular flexibility index (Phi) is 5.64. The van der Waals surface area contributed by atoms with E-state index < -0.39 is 0 Å². The van der Waals surface area contributed by atoms with Crippen LogP contribution in [0.15, 0.2) is 11.6 Å². The van der Waals surface area contributed by atoms with Gasteiger partial charge in [0.15, 0.2) is 5.78 Å². The van der Waals surface area contributed by atoms with Crippen LogP contribution >= 0.6 is 0 Å². The minimum absolute atomic E-state index is 0.102. The molecule has 0 aromatic rings. The van der Waals surface area contributed by atoms with Crippen LogP contribution in [-0.2, 0) is 4.79 Å². The Morgan fingerprint density at radius 3 is 1.53 bits per heavy atom. The summed E-state index contributed by atoms with van der Waals surface area (Å²) in [5, 5.41) is 0. The molecule has 0 fully saturated rings. The zero-order valence-electron chi connectivity index (χ0n) is 13.0. The Hall–Kier alpha value is -0.590. The van der Waals surface area contributed by atoms with Crippen molar-refractivity contribution < 1.29 is 4.79 Å². The van der Waals surface area contributed by atoms with Gasteiger partial charge < -0.3 is 0 Å². The van der Waals surface area contributed by atoms with Gasteiger partial charge >= 0.3 is 0 Å². The number of rotatable bonds is 4. The van der Waals surface area contributed by atoms with Gasteiger partial charge in [0.2, 0.25) is 0 Å². The molecule has 0 amide bonds. The van der Waals surface area contributed by atoms with Gasteiger partial charge in [0, 0.05) is 5.92 Å². The smallest absolute Gasteiger partial charge is 0.158 e. The molecule has 0 aliphatic rings. The fourth-order valence-electron chi connectivity index (χ4n) is 1.89. The molecule has 0 aliphatic carbocycles. The van der Waals surface area contributed by atoms with Gasteiger partial charge in [-0.25, -0.2) is 0 Å². The van der Waals surface area contributed by atoms with Crippen LogP contribution in [0.4, 0.5) is 0 Å². The summed E-state index contributed by atoms with van der Waals surface area (Å²) in [6, 6.07) is 0. The standard InChI is InChI=1S/C16H30O/c1-12(2)14(17)9-13(10-15(3,4)5)11-16(6,7)8/h9,12H,10-11H2,1-8H3. The minimum Gasteiger partial charge on any atom is -0.295 e. The van der Waals surface area contributed by atoms with Gasteiger partial charge in [-0.05, 0) is 29.7 Å². The van der Waals surface area contributed by atoms with Crippen molar-refractivity contribution in [3.8, 4) is 0 Å². The van der Waals surface area contributed by atoms with Crippen molar-refractivity contribution in [3.63, 3.8) is 0 Å². The van der Waals surface area contributed by atoms with Gasteiger partial charge in [-0.1, -0.05) is 61.0 Å². The summed E-state index contributed by atoms with van der Waals surface area (Å²) in [4.78, 5) is 11.8. The molecule has 17 heavy (non-hydrogen) atoms. The molecule has 0 bridgehead atoms. The first-order valence-electron chi connectivity index (χ1n) is 6.64. The van der Waals surface area contributed by atoms with Crippen molar-refractivity contribution >= 4 is 5.78 Å². The maximum Gasteiger partial charge on any atom is 0.158 e. The maximum absolute atomic E-state index is 11.8. The summed E-state index contributed by atoms with van der Waals surface area (Å²) in [6.45, 7) is 17.3. The first-order valence-corrected chi connectivity index (χ1v) is 6.64. The molecule has 0 atom stereocenters. The SMILES string of the molecule is CC(C)C(=O)C=C(CC(C)(C)C)CC(C)(C)C. The quantitative estimate of drug-likeness (QED) is 0.629. The van der Waals surface area contributed by atoms with E-state index in [4.69, 9.17) is 0 Å². The van der Waals surface area contributed by atoms with Crippen LogP contribution in [0.3, 0.4) is 0 Å². The van der Waals surface area contributed by atoms with Gasteiger partial charge in [-0.3, -0.25) is 4.79 Å². The predicted octanol–water partition coefficient (Wildman–Crippen LogP) is 5.01. The van der Waals surface area contributed by atoms with Gasteiger partial charge in [-0.2, -0.15) is 0 Å². The molecule has 0 aromatic heterocycles. The number of hydrogen-bond donors (Lipinski definition) is 0. The van der Waals surface area contributed by atoms with Gasteiger partial charge in [0.05, 0.1) is 0 Å². The molecule has 1 heteroatoms. The van der Waals surface area contributed by atoms with Crippen molar-refractivity contribution in [2.45, 2.75) is 68.2 Å². The van der Waals surface area contributed by atoms with Gasteiger partial charge in [0.25, 0.3) is 0 Å². The first kappa shape index (κ1) is 16.4. The molecule has 0 aromatic carbocycles. The van der Waals surface area contributed by atoms with Crippen molar-refractivity contribution in [1.29, 1.82) is 0 Å². The highest BCUT2D eigenvalue weighted by molar-refractivity contribution is 5.91. The Bertz CT molecular complexity index is 264. The fourth-order valence-corrected chi connectivity index (χ4v) is 1.89. The Morgan fingerprint density at radius 2 is 1.29 bits per heavy atom. The minimum atomic E-state index is 0.102. The molecule has 0 saturated carbocycles. The number of ketones is 1. The Balaban J connectivity index is 4.92. The van der Waals surface area contributed by atoms with Crippen molar-refractivity contribution in [2.75, 3.05) is 0 Å². The van der Waals surface area contributed by atoms with Crippen LogP contribution < -0.4 is 0 Å². The van der Waals surface area contributed by atoms with E-state index in [9.17, 15) is 4.79 Å². The molecule has 0 spiro atoms. The van der Waals surface area contributed by atoms with E-state index in [1.807, 2.05) is 19.9 Å². The first-order chi connectivity index (χ1) is 7.41. The topological polar surface area (TPSA) is 17.1 Å². The third-order valence-electron chi connectivity index (χ3n) is 2.43. The zero-order valence-corrected chi connectivity index (χ0v) is 13.0. The van der Waals surface area contributed by atoms with Crippen LogP contribution in [0.25, 0.3) is 0 Å². The van der Waals surface area contributed by atoms with Crippen LogP contribution in [0, 0.1) is 16.7 Å². The van der Waals surface area contributed by atoms with E-state index in [0.29, 0.717) is 0 Å². The van der Waals surface area contributed by atoms with E-state index in [-0.39, 0.29) is 22.5 Å². The third kappa shape index (κ3) is 9.14. The third-order valence-corrected chi connectivity index (χ3v) is 2.43. The maximum atomic E-state index is 11.8. The second kappa shape index (κ2) is 5.84. The lowest BCUT2D eigenvalue weighted by Gasteiger charge is -2.26.